The molecule has 2 aliphatic rings. The summed E-state index contributed by atoms with van der Waals surface area (Å²) in [5.41, 5.74) is -0.670. The topological polar surface area (TPSA) is 44.8 Å². The van der Waals surface area contributed by atoms with E-state index in [2.05, 4.69) is 0 Å². The van der Waals surface area contributed by atoms with Crippen LogP contribution in [0.25, 0.3) is 0 Å². The third-order valence-electron chi connectivity index (χ3n) is 2.76. The minimum Gasteiger partial charge on any atom is -0.467 e. The monoisotopic (exact) mass is 200 g/mol. The minimum absolute atomic E-state index is 0.203. The summed E-state index contributed by atoms with van der Waals surface area (Å²) < 4.78 is 15.8. The molecule has 2 fully saturated rings. The molecular weight excluding hydrogens is 184 g/mol. The zero-order valence-electron chi connectivity index (χ0n) is 8.45. The Morgan fingerprint density at radius 1 is 1.43 bits per heavy atom. The summed E-state index contributed by atoms with van der Waals surface area (Å²) in [6, 6.07) is 0. The first-order chi connectivity index (χ1) is 6.77. The first kappa shape index (κ1) is 9.93. The Balaban J connectivity index is 1.86. The molecular formula is C10H16O4. The maximum absolute atomic E-state index is 11.4. The fourth-order valence-electron chi connectivity index (χ4n) is 1.73. The third kappa shape index (κ3) is 1.91. The second kappa shape index (κ2) is 3.87. The average Bonchev–Trinajstić information content (AvgIpc) is 2.99. The van der Waals surface area contributed by atoms with Gasteiger partial charge in [0.15, 0.2) is 11.9 Å². The van der Waals surface area contributed by atoms with Crippen molar-refractivity contribution in [1.82, 2.24) is 0 Å². The number of hydrogen-bond acceptors (Lipinski definition) is 4. The van der Waals surface area contributed by atoms with Crippen LogP contribution in [0.5, 0.6) is 0 Å². The van der Waals surface area contributed by atoms with Crippen LogP contribution in [0, 0.1) is 0 Å². The molecule has 2 rings (SSSR count). The molecule has 0 N–H and O–H groups in total. The maximum atomic E-state index is 11.4. The van der Waals surface area contributed by atoms with Crippen molar-refractivity contribution in [2.75, 3.05) is 13.7 Å². The Labute approximate surface area is 83.5 Å². The highest BCUT2D eigenvalue weighted by Crippen LogP contribution is 2.42. The zero-order valence-corrected chi connectivity index (χ0v) is 8.45. The van der Waals surface area contributed by atoms with Crippen LogP contribution in [0.1, 0.15) is 32.1 Å². The van der Waals surface area contributed by atoms with Gasteiger partial charge in [0.2, 0.25) is 0 Å². The number of rotatable bonds is 3. The molecule has 0 bridgehead atoms. The van der Waals surface area contributed by atoms with E-state index in [1.54, 1.807) is 0 Å². The highest BCUT2D eigenvalue weighted by molar-refractivity contribution is 5.82. The van der Waals surface area contributed by atoms with E-state index >= 15 is 0 Å². The quantitative estimate of drug-likeness (QED) is 0.643. The largest absolute Gasteiger partial charge is 0.467 e. The van der Waals surface area contributed by atoms with Crippen LogP contribution >= 0.6 is 0 Å². The van der Waals surface area contributed by atoms with Crippen molar-refractivity contribution in [2.24, 2.45) is 0 Å². The first-order valence-electron chi connectivity index (χ1n) is 5.15. The van der Waals surface area contributed by atoms with E-state index in [1.165, 1.54) is 7.11 Å². The second-order valence-electron chi connectivity index (χ2n) is 3.90. The number of ether oxygens (including phenoxy) is 3. The SMILES string of the molecule is COC(=O)C1(O[C@@H]2CCCCO2)CC1. The standard InChI is InChI=1S/C10H16O4/c1-12-9(11)10(5-6-10)14-8-4-2-3-7-13-8/h8H,2-7H2,1H3/t8-/m1/s1. The molecule has 0 radical (unpaired) electrons. The predicted octanol–water partition coefficient (Wildman–Crippen LogP) is 1.24. The Hall–Kier alpha value is -0.610. The fraction of sp³-hybridized carbons (Fsp3) is 0.900. The van der Waals surface area contributed by atoms with Gasteiger partial charge in [0, 0.05) is 6.61 Å². The summed E-state index contributed by atoms with van der Waals surface area (Å²) in [5, 5.41) is 0. The van der Waals surface area contributed by atoms with E-state index in [4.69, 9.17) is 14.2 Å². The molecule has 0 aromatic heterocycles. The number of esters is 1. The molecule has 1 saturated heterocycles. The Morgan fingerprint density at radius 3 is 2.71 bits per heavy atom. The lowest BCUT2D eigenvalue weighted by Crippen LogP contribution is -2.35. The summed E-state index contributed by atoms with van der Waals surface area (Å²) in [6.45, 7) is 0.738. The van der Waals surface area contributed by atoms with E-state index < -0.39 is 5.60 Å². The average molecular weight is 200 g/mol. The molecule has 1 aliphatic carbocycles. The van der Waals surface area contributed by atoms with E-state index in [-0.39, 0.29) is 12.3 Å². The Bertz CT molecular complexity index is 216. The molecule has 0 aromatic carbocycles. The van der Waals surface area contributed by atoms with Gasteiger partial charge in [-0.25, -0.2) is 4.79 Å². The molecule has 0 spiro atoms. The lowest BCUT2D eigenvalue weighted by Gasteiger charge is -2.26. The van der Waals surface area contributed by atoms with Crippen molar-refractivity contribution in [2.45, 2.75) is 44.0 Å². The van der Waals surface area contributed by atoms with Gasteiger partial charge >= 0.3 is 5.97 Å². The Kier molecular flexibility index (Phi) is 2.74. The number of carbonyl (C=O) groups excluding carboxylic acids is 1. The van der Waals surface area contributed by atoms with Crippen molar-refractivity contribution in [3.05, 3.63) is 0 Å². The van der Waals surface area contributed by atoms with E-state index in [0.29, 0.717) is 0 Å². The van der Waals surface area contributed by atoms with Gasteiger partial charge in [-0.2, -0.15) is 0 Å². The number of hydrogen-bond donors (Lipinski definition) is 0. The van der Waals surface area contributed by atoms with Crippen LogP contribution in [0.15, 0.2) is 0 Å². The van der Waals surface area contributed by atoms with Gasteiger partial charge in [0.1, 0.15) is 0 Å². The number of methoxy groups -OCH3 is 1. The first-order valence-corrected chi connectivity index (χ1v) is 5.15. The molecule has 80 valence electrons. The third-order valence-corrected chi connectivity index (χ3v) is 2.76. The summed E-state index contributed by atoms with van der Waals surface area (Å²) in [4.78, 5) is 11.4. The molecule has 1 heterocycles. The molecule has 1 atom stereocenters. The summed E-state index contributed by atoms with van der Waals surface area (Å²) in [6.07, 6.45) is 4.41. The smallest absolute Gasteiger partial charge is 0.338 e. The van der Waals surface area contributed by atoms with Gasteiger partial charge in [-0.15, -0.1) is 0 Å². The lowest BCUT2D eigenvalue weighted by atomic mass is 10.2. The van der Waals surface area contributed by atoms with Crippen LogP contribution in [0.2, 0.25) is 0 Å². The van der Waals surface area contributed by atoms with Crippen LogP contribution in [0.3, 0.4) is 0 Å². The predicted molar refractivity (Wildman–Crippen MR) is 48.7 cm³/mol. The van der Waals surface area contributed by atoms with E-state index in [0.717, 1.165) is 38.7 Å². The second-order valence-corrected chi connectivity index (χ2v) is 3.90. The van der Waals surface area contributed by atoms with E-state index in [1.807, 2.05) is 0 Å². The highest BCUT2D eigenvalue weighted by atomic mass is 16.7. The summed E-state index contributed by atoms with van der Waals surface area (Å²) in [5.74, 6) is -0.258. The van der Waals surface area contributed by atoms with Gasteiger partial charge in [0.05, 0.1) is 7.11 Å². The van der Waals surface area contributed by atoms with Crippen molar-refractivity contribution in [3.63, 3.8) is 0 Å². The van der Waals surface area contributed by atoms with Crippen molar-refractivity contribution < 1.29 is 19.0 Å². The van der Waals surface area contributed by atoms with Crippen molar-refractivity contribution >= 4 is 5.97 Å². The van der Waals surface area contributed by atoms with Gasteiger partial charge in [0.25, 0.3) is 0 Å². The number of carbonyl (C=O) groups is 1. The van der Waals surface area contributed by atoms with Crippen LogP contribution in [-0.2, 0) is 19.0 Å². The molecule has 4 nitrogen and oxygen atoms in total. The highest BCUT2D eigenvalue weighted by Gasteiger charge is 2.54. The molecule has 0 amide bonds. The molecule has 14 heavy (non-hydrogen) atoms. The van der Waals surface area contributed by atoms with Crippen LogP contribution < -0.4 is 0 Å². The van der Waals surface area contributed by atoms with Gasteiger partial charge in [-0.1, -0.05) is 0 Å². The molecule has 0 aromatic rings. The van der Waals surface area contributed by atoms with Gasteiger partial charge in [-0.3, -0.25) is 0 Å². The Morgan fingerprint density at radius 2 is 2.21 bits per heavy atom. The molecule has 4 heteroatoms. The van der Waals surface area contributed by atoms with Crippen molar-refractivity contribution in [3.8, 4) is 0 Å². The fourth-order valence-corrected chi connectivity index (χ4v) is 1.73. The van der Waals surface area contributed by atoms with Crippen LogP contribution in [0.4, 0.5) is 0 Å². The summed E-state index contributed by atoms with van der Waals surface area (Å²) >= 11 is 0. The molecule has 1 aliphatic heterocycles. The normalized spacial score (nSPS) is 29.6. The lowest BCUT2D eigenvalue weighted by molar-refractivity contribution is -0.209. The molecule has 0 unspecified atom stereocenters. The zero-order chi connectivity index (χ0) is 10.0. The van der Waals surface area contributed by atoms with Gasteiger partial charge < -0.3 is 14.2 Å². The summed E-state index contributed by atoms with van der Waals surface area (Å²) in [7, 11) is 1.40. The van der Waals surface area contributed by atoms with Crippen molar-refractivity contribution in [1.29, 1.82) is 0 Å². The van der Waals surface area contributed by atoms with E-state index in [9.17, 15) is 4.79 Å². The van der Waals surface area contributed by atoms with Gasteiger partial charge in [-0.05, 0) is 32.1 Å². The molecule has 1 saturated carbocycles. The van der Waals surface area contributed by atoms with Crippen LogP contribution in [-0.4, -0.2) is 31.6 Å². The minimum atomic E-state index is -0.670. The maximum Gasteiger partial charge on any atom is 0.338 e.